The summed E-state index contributed by atoms with van der Waals surface area (Å²) in [5.41, 5.74) is 3.39. The lowest BCUT2D eigenvalue weighted by Gasteiger charge is -2.01. The van der Waals surface area contributed by atoms with E-state index in [2.05, 4.69) is 51.1 Å². The molecule has 4 aromatic rings. The van der Waals surface area contributed by atoms with Gasteiger partial charge in [-0.05, 0) is 31.1 Å². The van der Waals surface area contributed by atoms with Crippen LogP contribution in [-0.4, -0.2) is 30.6 Å². The van der Waals surface area contributed by atoms with Crippen molar-refractivity contribution in [2.75, 3.05) is 5.32 Å². The monoisotopic (exact) mass is 468 g/mol. The Morgan fingerprint density at radius 3 is 2.81 bits per heavy atom. The molecular formula is C21H20N6OS3. The van der Waals surface area contributed by atoms with Gasteiger partial charge in [0, 0.05) is 17.5 Å². The molecule has 0 bridgehead atoms. The molecule has 10 heteroatoms. The predicted octanol–water partition coefficient (Wildman–Crippen LogP) is 5.50. The predicted molar refractivity (Wildman–Crippen MR) is 128 cm³/mol. The van der Waals surface area contributed by atoms with Crippen molar-refractivity contribution in [1.82, 2.24) is 24.7 Å². The number of carbonyl (C=O) groups is 1. The van der Waals surface area contributed by atoms with Crippen molar-refractivity contribution in [2.45, 2.75) is 26.8 Å². The van der Waals surface area contributed by atoms with Crippen LogP contribution in [0.3, 0.4) is 0 Å². The number of aryl methyl sites for hydroxylation is 2. The molecule has 4 rings (SSSR count). The first-order valence-corrected chi connectivity index (χ1v) is 11.7. The summed E-state index contributed by atoms with van der Waals surface area (Å²) in [5, 5.41) is 13.0. The minimum atomic E-state index is -0.294. The Bertz CT molecular complexity index is 1300. The van der Waals surface area contributed by atoms with E-state index in [0.717, 1.165) is 27.6 Å². The van der Waals surface area contributed by atoms with E-state index in [4.69, 9.17) is 12.2 Å². The molecule has 0 fully saturated rings. The van der Waals surface area contributed by atoms with Crippen LogP contribution in [0.2, 0.25) is 0 Å². The van der Waals surface area contributed by atoms with Gasteiger partial charge in [-0.2, -0.15) is 5.10 Å². The summed E-state index contributed by atoms with van der Waals surface area (Å²) in [6.07, 6.45) is 2.74. The Kier molecular flexibility index (Phi) is 6.21. The van der Waals surface area contributed by atoms with Crippen molar-refractivity contribution in [3.63, 3.8) is 0 Å². The third-order valence-corrected chi connectivity index (χ3v) is 6.91. The number of aromatic nitrogens is 5. The highest BCUT2D eigenvalue weighted by Gasteiger charge is 2.19. The topological polar surface area (TPSA) is 88.5 Å². The van der Waals surface area contributed by atoms with Gasteiger partial charge < -0.3 is 0 Å². The molecule has 0 saturated carbocycles. The van der Waals surface area contributed by atoms with Gasteiger partial charge in [0.25, 0.3) is 5.91 Å². The van der Waals surface area contributed by atoms with Gasteiger partial charge in [-0.1, -0.05) is 48.6 Å². The van der Waals surface area contributed by atoms with E-state index in [1.165, 1.54) is 28.2 Å². The summed E-state index contributed by atoms with van der Waals surface area (Å²) in [6.45, 7) is 8.28. The van der Waals surface area contributed by atoms with E-state index < -0.39 is 0 Å². The maximum absolute atomic E-state index is 12.7. The number of hydrogen-bond donors (Lipinski definition) is 2. The molecule has 1 amide bonds. The van der Waals surface area contributed by atoms with Crippen LogP contribution < -0.4 is 5.32 Å². The van der Waals surface area contributed by atoms with Gasteiger partial charge in [-0.15, -0.1) is 17.9 Å². The lowest BCUT2D eigenvalue weighted by molar-refractivity contribution is 0.102. The fraction of sp³-hybridized carbons (Fsp3) is 0.190. The highest BCUT2D eigenvalue weighted by atomic mass is 32.1. The summed E-state index contributed by atoms with van der Waals surface area (Å²) in [6, 6.07) is 8.23. The molecule has 0 spiro atoms. The van der Waals surface area contributed by atoms with Crippen LogP contribution >= 0.6 is 34.9 Å². The molecule has 1 aromatic carbocycles. The van der Waals surface area contributed by atoms with Crippen molar-refractivity contribution in [1.29, 1.82) is 0 Å². The molecule has 158 valence electrons. The van der Waals surface area contributed by atoms with Crippen molar-refractivity contribution in [3.05, 3.63) is 64.0 Å². The molecule has 0 radical (unpaired) electrons. The summed E-state index contributed by atoms with van der Waals surface area (Å²) in [4.78, 5) is 22.5. The Morgan fingerprint density at radius 1 is 1.32 bits per heavy atom. The first-order valence-electron chi connectivity index (χ1n) is 9.60. The number of benzene rings is 1. The lowest BCUT2D eigenvalue weighted by Crippen LogP contribution is -2.12. The zero-order valence-electron chi connectivity index (χ0n) is 17.0. The van der Waals surface area contributed by atoms with Crippen molar-refractivity contribution < 1.29 is 4.79 Å². The number of carbonyl (C=O) groups excluding carboxylic acids is 1. The van der Waals surface area contributed by atoms with E-state index in [1.807, 2.05) is 23.6 Å². The van der Waals surface area contributed by atoms with Crippen LogP contribution in [0.25, 0.3) is 21.3 Å². The number of anilines is 1. The fourth-order valence-electron chi connectivity index (χ4n) is 3.00. The van der Waals surface area contributed by atoms with Gasteiger partial charge in [0.15, 0.2) is 15.7 Å². The van der Waals surface area contributed by atoms with Crippen LogP contribution in [0.5, 0.6) is 0 Å². The Balaban J connectivity index is 1.53. The van der Waals surface area contributed by atoms with Gasteiger partial charge in [0.1, 0.15) is 10.7 Å². The smallest absolute Gasteiger partial charge is 0.276 e. The van der Waals surface area contributed by atoms with Gasteiger partial charge in [-0.25, -0.2) is 9.97 Å². The highest BCUT2D eigenvalue weighted by molar-refractivity contribution is 7.71. The fourth-order valence-corrected chi connectivity index (χ4v) is 4.97. The standard InChI is InChI=1S/C21H20N6OS3/c1-4-10-27-17(25-26-21(27)29)16-12(3)22-20(31-16)24-18(28)15-11-30-19(23-15)14-8-6-13(5-2)7-9-14/h4,6-9,11H,1,5,10H2,2-3H3,(H,26,29)(H,22,24,28). The largest absolute Gasteiger partial charge is 0.296 e. The van der Waals surface area contributed by atoms with Crippen LogP contribution in [0.4, 0.5) is 5.13 Å². The highest BCUT2D eigenvalue weighted by Crippen LogP contribution is 2.32. The molecule has 0 aliphatic carbocycles. The van der Waals surface area contributed by atoms with Crippen molar-refractivity contribution in [2.24, 2.45) is 0 Å². The Labute approximate surface area is 192 Å². The van der Waals surface area contributed by atoms with Gasteiger partial charge >= 0.3 is 0 Å². The van der Waals surface area contributed by atoms with Crippen LogP contribution in [-0.2, 0) is 13.0 Å². The number of hydrogen-bond acceptors (Lipinski definition) is 7. The maximum Gasteiger partial charge on any atom is 0.276 e. The summed E-state index contributed by atoms with van der Waals surface area (Å²) in [7, 11) is 0. The van der Waals surface area contributed by atoms with E-state index in [0.29, 0.717) is 28.0 Å². The minimum Gasteiger partial charge on any atom is -0.296 e. The number of thiazole rings is 2. The number of allylic oxidation sites excluding steroid dienone is 1. The second-order valence-corrected chi connectivity index (χ2v) is 8.97. The maximum atomic E-state index is 12.7. The summed E-state index contributed by atoms with van der Waals surface area (Å²) in [5.74, 6) is 0.379. The number of H-pyrrole nitrogens is 1. The van der Waals surface area contributed by atoms with Crippen molar-refractivity contribution in [3.8, 4) is 21.3 Å². The number of aromatic amines is 1. The molecule has 0 unspecified atom stereocenters. The van der Waals surface area contributed by atoms with Crippen LogP contribution in [0.15, 0.2) is 42.3 Å². The molecule has 0 aliphatic heterocycles. The first-order chi connectivity index (χ1) is 15.0. The zero-order chi connectivity index (χ0) is 22.0. The summed E-state index contributed by atoms with van der Waals surface area (Å²) >= 11 is 8.07. The lowest BCUT2D eigenvalue weighted by atomic mass is 10.1. The normalized spacial score (nSPS) is 10.9. The quantitative estimate of drug-likeness (QED) is 0.276. The SMILES string of the molecule is C=CCn1c(-c2sc(NC(=O)c3csc(-c4ccc(CC)cc4)n3)nc2C)n[nH]c1=S. The second-order valence-electron chi connectivity index (χ2n) is 6.73. The molecule has 2 N–H and O–H groups in total. The van der Waals surface area contributed by atoms with Crippen LogP contribution in [0, 0.1) is 11.7 Å². The zero-order valence-corrected chi connectivity index (χ0v) is 19.5. The Morgan fingerprint density at radius 2 is 2.10 bits per heavy atom. The molecular weight excluding hydrogens is 448 g/mol. The van der Waals surface area contributed by atoms with E-state index in [-0.39, 0.29) is 5.91 Å². The third kappa shape index (κ3) is 4.41. The summed E-state index contributed by atoms with van der Waals surface area (Å²) < 4.78 is 2.35. The van der Waals surface area contributed by atoms with Gasteiger partial charge in [0.05, 0.1) is 10.6 Å². The molecule has 3 heterocycles. The van der Waals surface area contributed by atoms with Crippen molar-refractivity contribution >= 4 is 45.9 Å². The molecule has 3 aromatic heterocycles. The molecule has 0 aliphatic rings. The van der Waals surface area contributed by atoms with E-state index >= 15 is 0 Å². The Hall–Kier alpha value is -2.95. The minimum absolute atomic E-state index is 0.294. The van der Waals surface area contributed by atoms with Gasteiger partial charge in [-0.3, -0.25) is 19.8 Å². The molecule has 0 saturated heterocycles. The molecule has 31 heavy (non-hydrogen) atoms. The second kappa shape index (κ2) is 9.04. The molecule has 0 atom stereocenters. The molecule has 7 nitrogen and oxygen atoms in total. The number of nitrogens with one attached hydrogen (secondary N) is 2. The average molecular weight is 469 g/mol. The van der Waals surface area contributed by atoms with E-state index in [1.54, 1.807) is 11.5 Å². The number of nitrogens with zero attached hydrogens (tertiary/aromatic N) is 4. The van der Waals surface area contributed by atoms with Gasteiger partial charge in [0.2, 0.25) is 0 Å². The number of amides is 1. The third-order valence-electron chi connectivity index (χ3n) is 4.64. The first kappa shape index (κ1) is 21.3. The van der Waals surface area contributed by atoms with Crippen LogP contribution in [0.1, 0.15) is 28.7 Å². The average Bonchev–Trinajstić information content (AvgIpc) is 3.48. The van der Waals surface area contributed by atoms with E-state index in [9.17, 15) is 4.79 Å². The number of rotatable bonds is 7.